The average molecular weight is 176 g/mol. The molecule has 0 spiro atoms. The minimum atomic E-state index is -0.263. The molecule has 0 heterocycles. The largest absolute Gasteiger partial charge is 0.395 e. The lowest BCUT2D eigenvalue weighted by Crippen LogP contribution is -2.26. The van der Waals surface area contributed by atoms with Crippen LogP contribution >= 0.6 is 0 Å². The van der Waals surface area contributed by atoms with Gasteiger partial charge in [0.25, 0.3) is 0 Å². The van der Waals surface area contributed by atoms with Crippen LogP contribution in [0.25, 0.3) is 0 Å². The lowest BCUT2D eigenvalue weighted by atomic mass is 9.79. The molecule has 0 aromatic heterocycles. The predicted molar refractivity (Wildman–Crippen MR) is 55.7 cm³/mol. The minimum Gasteiger partial charge on any atom is -0.395 e. The lowest BCUT2D eigenvalue weighted by Gasteiger charge is -2.27. The van der Waals surface area contributed by atoms with Gasteiger partial charge in [-0.15, -0.1) is 6.58 Å². The van der Waals surface area contributed by atoms with E-state index in [-0.39, 0.29) is 12.0 Å². The molecule has 0 bridgehead atoms. The van der Waals surface area contributed by atoms with E-state index < -0.39 is 0 Å². The lowest BCUT2D eigenvalue weighted by molar-refractivity contribution is 0.221. The van der Waals surface area contributed by atoms with E-state index in [0.29, 0.717) is 0 Å². The fourth-order valence-electron chi connectivity index (χ4n) is 1.50. The van der Waals surface area contributed by atoms with E-state index in [0.717, 1.165) is 12.0 Å². The van der Waals surface area contributed by atoms with E-state index in [9.17, 15) is 5.11 Å². The first-order valence-electron chi connectivity index (χ1n) is 4.59. The number of aliphatic hydroxyl groups is 1. The minimum absolute atomic E-state index is 0.122. The second-order valence-electron chi connectivity index (χ2n) is 3.24. The Morgan fingerprint density at radius 3 is 2.38 bits per heavy atom. The summed E-state index contributed by atoms with van der Waals surface area (Å²) in [5.74, 6) is 0. The van der Waals surface area contributed by atoms with Crippen molar-refractivity contribution in [2.24, 2.45) is 0 Å². The third kappa shape index (κ3) is 1.81. The highest BCUT2D eigenvalue weighted by Crippen LogP contribution is 2.28. The Morgan fingerprint density at radius 2 is 2.00 bits per heavy atom. The van der Waals surface area contributed by atoms with Crippen molar-refractivity contribution in [1.29, 1.82) is 0 Å². The molecule has 1 nitrogen and oxygen atoms in total. The van der Waals surface area contributed by atoms with Gasteiger partial charge >= 0.3 is 0 Å². The quantitative estimate of drug-likeness (QED) is 0.699. The maximum absolute atomic E-state index is 9.36. The van der Waals surface area contributed by atoms with Crippen LogP contribution in [-0.4, -0.2) is 11.7 Å². The van der Waals surface area contributed by atoms with Crippen molar-refractivity contribution in [2.45, 2.75) is 18.8 Å². The highest BCUT2D eigenvalue weighted by molar-refractivity contribution is 5.30. The number of aliphatic hydroxyl groups excluding tert-OH is 1. The topological polar surface area (TPSA) is 20.2 Å². The molecule has 0 radical (unpaired) electrons. The molecule has 0 fully saturated rings. The summed E-state index contributed by atoms with van der Waals surface area (Å²) in [5, 5.41) is 9.36. The zero-order chi connectivity index (χ0) is 9.73. The predicted octanol–water partition coefficient (Wildman–Crippen LogP) is 2.51. The van der Waals surface area contributed by atoms with Crippen molar-refractivity contribution in [1.82, 2.24) is 0 Å². The maximum atomic E-state index is 9.36. The van der Waals surface area contributed by atoms with Crippen molar-refractivity contribution in [3.8, 4) is 0 Å². The second kappa shape index (κ2) is 4.24. The van der Waals surface area contributed by atoms with Crippen molar-refractivity contribution in [3.05, 3.63) is 48.6 Å². The van der Waals surface area contributed by atoms with E-state index in [4.69, 9.17) is 0 Å². The van der Waals surface area contributed by atoms with E-state index in [1.807, 2.05) is 36.4 Å². The van der Waals surface area contributed by atoms with Crippen molar-refractivity contribution >= 4 is 0 Å². The van der Waals surface area contributed by atoms with Crippen molar-refractivity contribution in [2.75, 3.05) is 6.61 Å². The molecule has 1 unspecified atom stereocenters. The third-order valence-corrected chi connectivity index (χ3v) is 2.65. The molecule has 0 saturated heterocycles. The summed E-state index contributed by atoms with van der Waals surface area (Å²) >= 11 is 0. The summed E-state index contributed by atoms with van der Waals surface area (Å²) in [5.41, 5.74) is 0.872. The third-order valence-electron chi connectivity index (χ3n) is 2.65. The first-order valence-corrected chi connectivity index (χ1v) is 4.59. The molecule has 0 saturated carbocycles. The summed E-state index contributed by atoms with van der Waals surface area (Å²) in [7, 11) is 0. The molecule has 1 N–H and O–H groups in total. The second-order valence-corrected chi connectivity index (χ2v) is 3.24. The van der Waals surface area contributed by atoms with Gasteiger partial charge in [-0.2, -0.15) is 0 Å². The van der Waals surface area contributed by atoms with E-state index in [1.54, 1.807) is 0 Å². The van der Waals surface area contributed by atoms with Crippen LogP contribution in [-0.2, 0) is 5.41 Å². The summed E-state index contributed by atoms with van der Waals surface area (Å²) in [6.45, 7) is 5.97. The number of hydrogen-bond acceptors (Lipinski definition) is 1. The molecule has 1 rings (SSSR count). The van der Waals surface area contributed by atoms with Crippen LogP contribution < -0.4 is 0 Å². The number of hydrogen-bond donors (Lipinski definition) is 1. The zero-order valence-electron chi connectivity index (χ0n) is 8.03. The molecule has 0 aliphatic carbocycles. The Morgan fingerprint density at radius 1 is 1.38 bits per heavy atom. The van der Waals surface area contributed by atoms with Gasteiger partial charge in [-0.3, -0.25) is 0 Å². The van der Waals surface area contributed by atoms with Gasteiger partial charge in [0, 0.05) is 5.41 Å². The number of rotatable bonds is 4. The Bertz CT molecular complexity index is 260. The number of benzene rings is 1. The Kier molecular flexibility index (Phi) is 3.26. The van der Waals surface area contributed by atoms with Crippen LogP contribution in [0, 0.1) is 0 Å². The van der Waals surface area contributed by atoms with E-state index in [1.165, 1.54) is 0 Å². The van der Waals surface area contributed by atoms with Gasteiger partial charge in [-0.1, -0.05) is 43.3 Å². The van der Waals surface area contributed by atoms with Crippen LogP contribution in [0.3, 0.4) is 0 Å². The van der Waals surface area contributed by atoms with Crippen LogP contribution in [0.5, 0.6) is 0 Å². The molecule has 0 aliphatic heterocycles. The summed E-state index contributed by atoms with van der Waals surface area (Å²) in [4.78, 5) is 0. The summed E-state index contributed by atoms with van der Waals surface area (Å²) < 4.78 is 0. The molecular formula is C12H16O. The van der Waals surface area contributed by atoms with Crippen LogP contribution in [0.15, 0.2) is 43.0 Å². The molecule has 70 valence electrons. The summed E-state index contributed by atoms with van der Waals surface area (Å²) in [6, 6.07) is 10.0. The maximum Gasteiger partial charge on any atom is 0.0562 e. The molecular weight excluding hydrogens is 160 g/mol. The summed E-state index contributed by atoms with van der Waals surface area (Å²) in [6.07, 6.45) is 2.71. The first kappa shape index (κ1) is 10.0. The van der Waals surface area contributed by atoms with E-state index in [2.05, 4.69) is 13.5 Å². The fourth-order valence-corrected chi connectivity index (χ4v) is 1.50. The standard InChI is InChI=1S/C12H16O/c1-3-12(4-2,10-13)11-8-6-5-7-9-11/h3,5-9,13H,1,4,10H2,2H3. The fraction of sp³-hybridized carbons (Fsp3) is 0.333. The van der Waals surface area contributed by atoms with Gasteiger partial charge in [0.15, 0.2) is 0 Å². The van der Waals surface area contributed by atoms with Crippen LogP contribution in [0.4, 0.5) is 0 Å². The molecule has 1 aromatic carbocycles. The van der Waals surface area contributed by atoms with Crippen LogP contribution in [0.2, 0.25) is 0 Å². The van der Waals surface area contributed by atoms with Crippen molar-refractivity contribution in [3.63, 3.8) is 0 Å². The SMILES string of the molecule is C=CC(CC)(CO)c1ccccc1. The monoisotopic (exact) mass is 176 g/mol. The first-order chi connectivity index (χ1) is 6.29. The van der Waals surface area contributed by atoms with Crippen LogP contribution in [0.1, 0.15) is 18.9 Å². The Hall–Kier alpha value is -1.08. The van der Waals surface area contributed by atoms with E-state index >= 15 is 0 Å². The Balaban J connectivity index is 3.08. The van der Waals surface area contributed by atoms with Gasteiger partial charge in [-0.05, 0) is 12.0 Å². The highest BCUT2D eigenvalue weighted by atomic mass is 16.3. The Labute approximate surface area is 79.7 Å². The van der Waals surface area contributed by atoms with Gasteiger partial charge in [0.2, 0.25) is 0 Å². The van der Waals surface area contributed by atoms with Gasteiger partial charge in [-0.25, -0.2) is 0 Å². The van der Waals surface area contributed by atoms with Crippen molar-refractivity contribution < 1.29 is 5.11 Å². The molecule has 1 atom stereocenters. The molecule has 1 heteroatoms. The smallest absolute Gasteiger partial charge is 0.0562 e. The van der Waals surface area contributed by atoms with Gasteiger partial charge < -0.3 is 5.11 Å². The molecule has 1 aromatic rings. The average Bonchev–Trinajstić information content (AvgIpc) is 2.23. The highest BCUT2D eigenvalue weighted by Gasteiger charge is 2.25. The molecule has 13 heavy (non-hydrogen) atoms. The van der Waals surface area contributed by atoms with Gasteiger partial charge in [0.1, 0.15) is 0 Å². The zero-order valence-corrected chi connectivity index (χ0v) is 8.03. The molecule has 0 aliphatic rings. The van der Waals surface area contributed by atoms with Gasteiger partial charge in [0.05, 0.1) is 6.61 Å². The normalized spacial score (nSPS) is 14.9. The molecule has 0 amide bonds.